The van der Waals surface area contributed by atoms with Crippen LogP contribution in [0.25, 0.3) is 89.7 Å². The minimum atomic E-state index is 0. The zero-order valence-electron chi connectivity index (χ0n) is 57.7. The van der Waals surface area contributed by atoms with E-state index in [2.05, 4.69) is 111 Å². The fraction of sp³-hybridized carbons (Fsp3) is 0.556. The quantitative estimate of drug-likeness (QED) is 0.107. The first kappa shape index (κ1) is 79.6. The summed E-state index contributed by atoms with van der Waals surface area (Å²) in [5, 5.41) is 3.57. The fourth-order valence-electron chi connectivity index (χ4n) is 10.7. The van der Waals surface area contributed by atoms with Gasteiger partial charge in [-0.3, -0.25) is 0 Å². The molecule has 4 aromatic carbocycles. The molecule has 12 nitrogen and oxygen atoms in total. The van der Waals surface area contributed by atoms with Crippen LogP contribution in [0.4, 0.5) is 0 Å². The Morgan fingerprint density at radius 2 is 0.412 bits per heavy atom. The Bertz CT molecular complexity index is 2660. The van der Waals surface area contributed by atoms with E-state index in [1.165, 1.54) is 0 Å². The molecule has 3 aromatic heterocycles. The average Bonchev–Trinajstić information content (AvgIpc) is 3.78. The summed E-state index contributed by atoms with van der Waals surface area (Å²) in [5.74, 6) is 7.28. The normalized spacial score (nSPS) is 11.0. The number of hydrogen-bond acceptors (Lipinski definition) is 10. The van der Waals surface area contributed by atoms with Crippen LogP contribution >= 0.6 is 0 Å². The van der Waals surface area contributed by atoms with Crippen LogP contribution in [-0.2, 0) is 36.0 Å². The minimum Gasteiger partial charge on any atom is -0.381 e. The van der Waals surface area contributed by atoms with Crippen molar-refractivity contribution in [3.8, 4) is 45.6 Å². The molecule has 0 aliphatic carbocycles. The van der Waals surface area contributed by atoms with Crippen molar-refractivity contribution in [3.63, 3.8) is 0 Å². The Morgan fingerprint density at radius 1 is 0.259 bits per heavy atom. The SMILES string of the molecule is CC.CC.CC.CC.COC(C(C)C)C(C)C.COC(C(C)C)C(C)C.COC(C(C)C)C(C)C.COC(C(C)C)C(C)C.[Cu+2].c1ccc2c(c1)-c1nc-2nc2[n-]c(nc3nc(nc4[n-]c(n1)c1ccccc41)-c1ccccc1-3)c1ccccc21. The van der Waals surface area contributed by atoms with Crippen molar-refractivity contribution in [3.05, 3.63) is 97.1 Å². The van der Waals surface area contributed by atoms with Crippen molar-refractivity contribution >= 4 is 44.1 Å². The van der Waals surface area contributed by atoms with Crippen molar-refractivity contribution in [2.45, 2.75) is 191 Å². The molecule has 0 saturated heterocycles. The third-order valence-corrected chi connectivity index (χ3v) is 13.7. The van der Waals surface area contributed by atoms with Gasteiger partial charge in [-0.25, -0.2) is 9.97 Å². The summed E-state index contributed by atoms with van der Waals surface area (Å²) in [6.07, 6.45) is 1.69. The number of fused-ring (bicyclic) bond motifs is 20. The Balaban J connectivity index is 0.00000129. The van der Waals surface area contributed by atoms with E-state index in [4.69, 9.17) is 58.8 Å². The standard InChI is InChI=1S/C32H16N8.4C8H18O.4C2H6.Cu/c1-2-10-18-17(9-1)25-33-26(18)38-28-21-13-5-6-14-22(21)30(35-28)40-32-24-16-8-7-15-23(24)31(36-32)39-29-20-12-4-3-11-19(20)27(34-29)37-25;4*1-6(2)8(9-5)7(3)4;4*1-2;/h1-16H;4*6-8H,1-5H3;4*1-2H3;/q-2;;;;;;;;;+2. The molecule has 85 heavy (non-hydrogen) atoms. The molecule has 2 aliphatic heterocycles. The molecule has 475 valence electrons. The molecule has 0 saturated carbocycles. The predicted octanol–water partition coefficient (Wildman–Crippen LogP) is 19.5. The van der Waals surface area contributed by atoms with Gasteiger partial charge in [0.25, 0.3) is 0 Å². The van der Waals surface area contributed by atoms with Crippen LogP contribution in [0.1, 0.15) is 166 Å². The Kier molecular flexibility index (Phi) is 39.0. The first-order valence-corrected chi connectivity index (χ1v) is 31.4. The summed E-state index contributed by atoms with van der Waals surface area (Å²) in [5.41, 5.74) is 5.78. The van der Waals surface area contributed by atoms with Gasteiger partial charge in [0.1, 0.15) is 0 Å². The topological polar surface area (TPSA) is 142 Å². The van der Waals surface area contributed by atoms with E-state index in [1.54, 1.807) is 28.4 Å². The maximum Gasteiger partial charge on any atom is 2.00 e. The van der Waals surface area contributed by atoms with E-state index in [0.29, 0.717) is 118 Å². The van der Waals surface area contributed by atoms with Gasteiger partial charge in [0.15, 0.2) is 0 Å². The van der Waals surface area contributed by atoms with E-state index in [-0.39, 0.29) is 17.1 Å². The fourth-order valence-corrected chi connectivity index (χ4v) is 10.7. The zero-order chi connectivity index (χ0) is 64.0. The number of ether oxygens (including phenoxy) is 4. The van der Waals surface area contributed by atoms with Crippen LogP contribution in [0.15, 0.2) is 97.1 Å². The van der Waals surface area contributed by atoms with Crippen LogP contribution in [0.2, 0.25) is 0 Å². The first-order chi connectivity index (χ1) is 40.2. The molecule has 1 radical (unpaired) electrons. The van der Waals surface area contributed by atoms with Crippen molar-refractivity contribution in [1.82, 2.24) is 39.9 Å². The van der Waals surface area contributed by atoms with Gasteiger partial charge in [-0.05, 0) is 68.9 Å². The van der Waals surface area contributed by atoms with Crippen molar-refractivity contribution < 1.29 is 36.0 Å². The zero-order valence-corrected chi connectivity index (χ0v) is 58.6. The molecule has 0 amide bonds. The second-order valence-electron chi connectivity index (χ2n) is 22.4. The van der Waals surface area contributed by atoms with Gasteiger partial charge >= 0.3 is 17.1 Å². The molecule has 2 aliphatic rings. The Hall–Kier alpha value is -5.40. The van der Waals surface area contributed by atoms with Crippen LogP contribution in [0.5, 0.6) is 0 Å². The maximum atomic E-state index is 5.27. The smallest absolute Gasteiger partial charge is 0.381 e. The molecule has 0 atom stereocenters. The van der Waals surface area contributed by atoms with Crippen LogP contribution in [0.3, 0.4) is 0 Å². The monoisotopic (exact) mass is 1220 g/mol. The molecule has 0 spiro atoms. The van der Waals surface area contributed by atoms with Gasteiger partial charge in [-0.1, -0.05) is 263 Å². The molecule has 0 N–H and O–H groups in total. The third kappa shape index (κ3) is 22.7. The second kappa shape index (κ2) is 41.7. The predicted molar refractivity (Wildman–Crippen MR) is 361 cm³/mol. The summed E-state index contributed by atoms with van der Waals surface area (Å²) >= 11 is 0. The molecule has 9 rings (SSSR count). The Morgan fingerprint density at radius 3 is 0.541 bits per heavy atom. The first-order valence-electron chi connectivity index (χ1n) is 31.4. The van der Waals surface area contributed by atoms with Gasteiger partial charge in [-0.2, -0.15) is 0 Å². The molecule has 0 fully saturated rings. The van der Waals surface area contributed by atoms with E-state index in [1.807, 2.05) is 152 Å². The van der Waals surface area contributed by atoms with E-state index in [0.717, 1.165) is 43.8 Å². The second-order valence-corrected chi connectivity index (χ2v) is 22.4. The van der Waals surface area contributed by atoms with Crippen molar-refractivity contribution in [2.75, 3.05) is 28.4 Å². The minimum absolute atomic E-state index is 0. The number of aromatic nitrogens is 8. The van der Waals surface area contributed by atoms with E-state index < -0.39 is 0 Å². The number of rotatable bonds is 12. The number of nitrogens with zero attached hydrogens (tertiary/aromatic N) is 8. The largest absolute Gasteiger partial charge is 2.00 e. The van der Waals surface area contributed by atoms with E-state index >= 15 is 0 Å². The van der Waals surface area contributed by atoms with Crippen LogP contribution in [0, 0.1) is 47.3 Å². The third-order valence-electron chi connectivity index (χ3n) is 13.7. The molecule has 7 aromatic rings. The number of methoxy groups -OCH3 is 4. The van der Waals surface area contributed by atoms with Crippen molar-refractivity contribution in [2.24, 2.45) is 47.3 Å². The number of benzene rings is 4. The van der Waals surface area contributed by atoms with Gasteiger partial charge in [-0.15, -0.1) is 0 Å². The summed E-state index contributed by atoms with van der Waals surface area (Å²) in [6, 6.07) is 31.8. The molecule has 5 heterocycles. The summed E-state index contributed by atoms with van der Waals surface area (Å²) in [4.78, 5) is 39.3. The van der Waals surface area contributed by atoms with Crippen LogP contribution < -0.4 is 9.97 Å². The van der Waals surface area contributed by atoms with E-state index in [9.17, 15) is 0 Å². The van der Waals surface area contributed by atoms with Gasteiger partial charge in [0, 0.05) is 73.3 Å². The van der Waals surface area contributed by atoms with Crippen molar-refractivity contribution in [1.29, 1.82) is 0 Å². The Labute approximate surface area is 526 Å². The maximum absolute atomic E-state index is 5.27. The van der Waals surface area contributed by atoms with Gasteiger partial charge < -0.3 is 48.9 Å². The van der Waals surface area contributed by atoms with Crippen LogP contribution in [-0.4, -0.2) is 82.8 Å². The van der Waals surface area contributed by atoms with Gasteiger partial charge in [0.05, 0.1) is 47.7 Å². The number of hydrogen-bond donors (Lipinski definition) is 0. The molecular weight excluding hydrogens is 1100 g/mol. The molecule has 13 heteroatoms. The molecule has 0 unspecified atom stereocenters. The van der Waals surface area contributed by atoms with Gasteiger partial charge in [0.2, 0.25) is 0 Å². The molecular formula is C72H112CuN8O4. The summed E-state index contributed by atoms with van der Waals surface area (Å²) in [6.45, 7) is 51.0. The summed E-state index contributed by atoms with van der Waals surface area (Å²) < 4.78 is 21.1. The summed E-state index contributed by atoms with van der Waals surface area (Å²) in [7, 11) is 7.13. The molecule has 8 bridgehead atoms. The average molecular weight is 1220 g/mol.